The van der Waals surface area contributed by atoms with E-state index in [4.69, 9.17) is 14.6 Å². The number of ketones is 1. The van der Waals surface area contributed by atoms with Crippen molar-refractivity contribution in [1.29, 1.82) is 0 Å². The number of rotatable bonds is 9. The minimum absolute atomic E-state index is 0.00129. The van der Waals surface area contributed by atoms with Gasteiger partial charge in [0.2, 0.25) is 0 Å². The van der Waals surface area contributed by atoms with Gasteiger partial charge in [0.1, 0.15) is 11.5 Å². The van der Waals surface area contributed by atoms with Gasteiger partial charge in [-0.05, 0) is 42.0 Å². The molecule has 0 fully saturated rings. The number of ether oxygens (including phenoxy) is 2. The fourth-order valence-corrected chi connectivity index (χ4v) is 3.00. The van der Waals surface area contributed by atoms with Gasteiger partial charge in [-0.25, -0.2) is 0 Å². The molecular formula is C20H20O5S. The highest BCUT2D eigenvalue weighted by Crippen LogP contribution is 2.25. The molecule has 0 saturated heterocycles. The summed E-state index contributed by atoms with van der Waals surface area (Å²) in [6.07, 6.45) is 3.25. The first-order chi connectivity index (χ1) is 12.5. The molecular weight excluding hydrogens is 352 g/mol. The fourth-order valence-electron chi connectivity index (χ4n) is 2.28. The Morgan fingerprint density at radius 1 is 1.08 bits per heavy atom. The summed E-state index contributed by atoms with van der Waals surface area (Å²) < 4.78 is 10.4. The Bertz CT molecular complexity index is 796. The molecule has 0 aliphatic heterocycles. The zero-order valence-corrected chi connectivity index (χ0v) is 15.4. The summed E-state index contributed by atoms with van der Waals surface area (Å²) in [6.45, 7) is 0. The summed E-state index contributed by atoms with van der Waals surface area (Å²) >= 11 is 1.26. The Hall–Kier alpha value is -2.73. The number of hydrogen-bond donors (Lipinski definition) is 1. The molecule has 6 heteroatoms. The molecule has 136 valence electrons. The predicted molar refractivity (Wildman–Crippen MR) is 103 cm³/mol. The highest BCUT2D eigenvalue weighted by molar-refractivity contribution is 7.99. The van der Waals surface area contributed by atoms with Gasteiger partial charge in [-0.1, -0.05) is 18.2 Å². The zero-order valence-electron chi connectivity index (χ0n) is 14.6. The first kappa shape index (κ1) is 19.6. The summed E-state index contributed by atoms with van der Waals surface area (Å²) in [7, 11) is 3.15. The second kappa shape index (κ2) is 9.68. The Morgan fingerprint density at radius 3 is 2.42 bits per heavy atom. The van der Waals surface area contributed by atoms with Crippen LogP contribution < -0.4 is 9.47 Å². The van der Waals surface area contributed by atoms with Crippen LogP contribution in [-0.4, -0.2) is 36.8 Å². The lowest BCUT2D eigenvalue weighted by atomic mass is 10.1. The number of carbonyl (C=O) groups excluding carboxylic acids is 1. The van der Waals surface area contributed by atoms with Crippen LogP contribution in [0.1, 0.15) is 21.5 Å². The van der Waals surface area contributed by atoms with Crippen molar-refractivity contribution in [2.75, 3.05) is 20.0 Å². The lowest BCUT2D eigenvalue weighted by Crippen LogP contribution is -2.01. The largest absolute Gasteiger partial charge is 0.497 e. The van der Waals surface area contributed by atoms with Crippen LogP contribution in [0.15, 0.2) is 48.5 Å². The summed E-state index contributed by atoms with van der Waals surface area (Å²) in [6, 6.07) is 12.6. The van der Waals surface area contributed by atoms with E-state index in [1.165, 1.54) is 17.8 Å². The number of carboxylic acid groups (broad SMARTS) is 1. The van der Waals surface area contributed by atoms with Crippen molar-refractivity contribution in [3.05, 3.63) is 65.2 Å². The van der Waals surface area contributed by atoms with Crippen LogP contribution in [0.3, 0.4) is 0 Å². The normalized spacial score (nSPS) is 10.7. The molecule has 0 spiro atoms. The van der Waals surface area contributed by atoms with E-state index in [-0.39, 0.29) is 11.5 Å². The quantitative estimate of drug-likeness (QED) is 0.531. The van der Waals surface area contributed by atoms with Crippen LogP contribution in [0.5, 0.6) is 11.5 Å². The van der Waals surface area contributed by atoms with Gasteiger partial charge in [-0.15, -0.1) is 11.8 Å². The summed E-state index contributed by atoms with van der Waals surface area (Å²) in [5.41, 5.74) is 2.22. The second-order valence-electron chi connectivity index (χ2n) is 5.38. The van der Waals surface area contributed by atoms with Crippen molar-refractivity contribution in [1.82, 2.24) is 0 Å². The molecule has 2 aromatic rings. The van der Waals surface area contributed by atoms with Crippen molar-refractivity contribution in [2.24, 2.45) is 0 Å². The number of thioether (sulfide) groups is 1. The molecule has 0 atom stereocenters. The van der Waals surface area contributed by atoms with E-state index in [1.807, 2.05) is 24.3 Å². The third-order valence-corrected chi connectivity index (χ3v) is 4.56. The van der Waals surface area contributed by atoms with Crippen LogP contribution in [0.2, 0.25) is 0 Å². The third kappa shape index (κ3) is 5.67. The first-order valence-electron chi connectivity index (χ1n) is 7.86. The molecule has 1 N–H and O–H groups in total. The molecule has 0 aliphatic rings. The van der Waals surface area contributed by atoms with Crippen LogP contribution in [0, 0.1) is 0 Å². The molecule has 0 bridgehead atoms. The predicted octanol–water partition coefficient (Wildman–Crippen LogP) is 3.92. The maximum Gasteiger partial charge on any atom is 0.313 e. The highest BCUT2D eigenvalue weighted by Gasteiger charge is 2.09. The van der Waals surface area contributed by atoms with Gasteiger partial charge in [0.05, 0.1) is 20.0 Å². The molecule has 26 heavy (non-hydrogen) atoms. The smallest absolute Gasteiger partial charge is 0.313 e. The van der Waals surface area contributed by atoms with Crippen molar-refractivity contribution < 1.29 is 24.2 Å². The Kier molecular flexibility index (Phi) is 7.29. The minimum atomic E-state index is -0.872. The summed E-state index contributed by atoms with van der Waals surface area (Å²) in [4.78, 5) is 23.1. The fraction of sp³-hybridized carbons (Fsp3) is 0.200. The summed E-state index contributed by atoms with van der Waals surface area (Å²) in [5.74, 6) is 0.847. The number of hydrogen-bond acceptors (Lipinski definition) is 5. The number of benzene rings is 2. The highest BCUT2D eigenvalue weighted by atomic mass is 32.2. The Labute approximate surface area is 156 Å². The van der Waals surface area contributed by atoms with E-state index >= 15 is 0 Å². The van der Waals surface area contributed by atoms with Gasteiger partial charge < -0.3 is 14.6 Å². The number of aliphatic carboxylic acids is 1. The Balaban J connectivity index is 2.11. The van der Waals surface area contributed by atoms with E-state index in [2.05, 4.69) is 0 Å². The van der Waals surface area contributed by atoms with Gasteiger partial charge in [0.25, 0.3) is 0 Å². The molecule has 0 unspecified atom stereocenters. The van der Waals surface area contributed by atoms with Gasteiger partial charge in [0.15, 0.2) is 5.78 Å². The number of methoxy groups -OCH3 is 2. The SMILES string of the molecule is COc1ccc(/C=C/C(=O)c2ccc(OC)c(CSCC(=O)O)c2)cc1. The van der Waals surface area contributed by atoms with Crippen molar-refractivity contribution in [3.8, 4) is 11.5 Å². The molecule has 2 aromatic carbocycles. The second-order valence-corrected chi connectivity index (χ2v) is 6.37. The van der Waals surface area contributed by atoms with Crippen molar-refractivity contribution in [2.45, 2.75) is 5.75 Å². The van der Waals surface area contributed by atoms with Crippen LogP contribution >= 0.6 is 11.8 Å². The molecule has 0 aromatic heterocycles. The van der Waals surface area contributed by atoms with E-state index < -0.39 is 5.97 Å². The Morgan fingerprint density at radius 2 is 1.81 bits per heavy atom. The van der Waals surface area contributed by atoms with Gasteiger partial charge in [-0.3, -0.25) is 9.59 Å². The van der Waals surface area contributed by atoms with Gasteiger partial charge in [-0.2, -0.15) is 0 Å². The third-order valence-electron chi connectivity index (χ3n) is 3.59. The van der Waals surface area contributed by atoms with E-state index in [0.717, 1.165) is 16.9 Å². The lowest BCUT2D eigenvalue weighted by molar-refractivity contribution is -0.133. The molecule has 0 radical (unpaired) electrons. The number of allylic oxidation sites excluding steroid dienone is 1. The standard InChI is InChI=1S/C20H20O5S/c1-24-17-7-3-14(4-8-17)5-9-18(21)15-6-10-19(25-2)16(11-15)12-26-13-20(22)23/h3-11H,12-13H2,1-2H3,(H,22,23)/b9-5+. The zero-order chi connectivity index (χ0) is 18.9. The van der Waals surface area contributed by atoms with E-state index in [1.54, 1.807) is 38.5 Å². The molecule has 0 amide bonds. The van der Waals surface area contributed by atoms with Crippen LogP contribution in [-0.2, 0) is 10.5 Å². The number of carboxylic acids is 1. The van der Waals surface area contributed by atoms with E-state index in [9.17, 15) is 9.59 Å². The minimum Gasteiger partial charge on any atom is -0.497 e. The van der Waals surface area contributed by atoms with Gasteiger partial charge >= 0.3 is 5.97 Å². The monoisotopic (exact) mass is 372 g/mol. The molecule has 0 saturated carbocycles. The van der Waals surface area contributed by atoms with Crippen LogP contribution in [0.4, 0.5) is 0 Å². The summed E-state index contributed by atoms with van der Waals surface area (Å²) in [5, 5.41) is 8.75. The average Bonchev–Trinajstić information content (AvgIpc) is 2.66. The maximum absolute atomic E-state index is 12.4. The topological polar surface area (TPSA) is 72.8 Å². The molecule has 0 heterocycles. The van der Waals surface area contributed by atoms with Crippen molar-refractivity contribution >= 4 is 29.6 Å². The first-order valence-corrected chi connectivity index (χ1v) is 9.02. The van der Waals surface area contributed by atoms with Gasteiger partial charge in [0, 0.05) is 16.9 Å². The van der Waals surface area contributed by atoms with E-state index in [0.29, 0.717) is 17.1 Å². The maximum atomic E-state index is 12.4. The average molecular weight is 372 g/mol. The number of carbonyl (C=O) groups is 2. The van der Waals surface area contributed by atoms with Crippen LogP contribution in [0.25, 0.3) is 6.08 Å². The molecule has 0 aliphatic carbocycles. The molecule has 5 nitrogen and oxygen atoms in total. The van der Waals surface area contributed by atoms with Crippen molar-refractivity contribution in [3.63, 3.8) is 0 Å². The molecule has 2 rings (SSSR count). The lowest BCUT2D eigenvalue weighted by Gasteiger charge is -2.09.